The lowest BCUT2D eigenvalue weighted by atomic mass is 10.0. The van der Waals surface area contributed by atoms with Gasteiger partial charge < -0.3 is 10.1 Å². The SMILES string of the molecule is CC(C)c1cc(F)cc2c1OCCN2. The number of anilines is 1. The van der Waals surface area contributed by atoms with E-state index in [1.807, 2.05) is 13.8 Å². The zero-order valence-electron chi connectivity index (χ0n) is 8.43. The first-order valence-electron chi connectivity index (χ1n) is 4.88. The number of ether oxygens (including phenoxy) is 1. The average Bonchev–Trinajstić information content (AvgIpc) is 2.16. The molecule has 14 heavy (non-hydrogen) atoms. The predicted molar refractivity (Wildman–Crippen MR) is 54.5 cm³/mol. The van der Waals surface area contributed by atoms with Gasteiger partial charge in [0.15, 0.2) is 0 Å². The first kappa shape index (κ1) is 9.31. The Morgan fingerprint density at radius 1 is 1.43 bits per heavy atom. The quantitative estimate of drug-likeness (QED) is 0.744. The summed E-state index contributed by atoms with van der Waals surface area (Å²) in [6.07, 6.45) is 0. The largest absolute Gasteiger partial charge is 0.489 e. The monoisotopic (exact) mass is 195 g/mol. The summed E-state index contributed by atoms with van der Waals surface area (Å²) in [4.78, 5) is 0. The topological polar surface area (TPSA) is 21.3 Å². The molecule has 0 amide bonds. The number of nitrogens with one attached hydrogen (secondary N) is 1. The maximum atomic E-state index is 13.2. The van der Waals surface area contributed by atoms with Crippen LogP contribution in [0.15, 0.2) is 12.1 Å². The zero-order chi connectivity index (χ0) is 10.1. The lowest BCUT2D eigenvalue weighted by Gasteiger charge is -2.23. The molecule has 1 aliphatic rings. The second kappa shape index (κ2) is 3.48. The van der Waals surface area contributed by atoms with Crippen LogP contribution < -0.4 is 10.1 Å². The van der Waals surface area contributed by atoms with Crippen molar-refractivity contribution >= 4 is 5.69 Å². The van der Waals surface area contributed by atoms with Gasteiger partial charge in [-0.05, 0) is 12.0 Å². The molecule has 0 saturated heterocycles. The molecule has 0 unspecified atom stereocenters. The second-order valence-electron chi connectivity index (χ2n) is 3.80. The highest BCUT2D eigenvalue weighted by Crippen LogP contribution is 2.36. The van der Waals surface area contributed by atoms with Crippen molar-refractivity contribution in [3.8, 4) is 5.75 Å². The van der Waals surface area contributed by atoms with Gasteiger partial charge in [0.05, 0.1) is 5.69 Å². The summed E-state index contributed by atoms with van der Waals surface area (Å²) in [7, 11) is 0. The Bertz CT molecular complexity index is 349. The molecule has 2 rings (SSSR count). The van der Waals surface area contributed by atoms with Crippen LogP contribution in [0.4, 0.5) is 10.1 Å². The second-order valence-corrected chi connectivity index (χ2v) is 3.80. The summed E-state index contributed by atoms with van der Waals surface area (Å²) >= 11 is 0. The van der Waals surface area contributed by atoms with Gasteiger partial charge in [-0.2, -0.15) is 0 Å². The van der Waals surface area contributed by atoms with Crippen molar-refractivity contribution < 1.29 is 9.13 Å². The van der Waals surface area contributed by atoms with E-state index in [-0.39, 0.29) is 11.7 Å². The Kier molecular flexibility index (Phi) is 2.32. The van der Waals surface area contributed by atoms with Crippen LogP contribution in [0.2, 0.25) is 0 Å². The Hall–Kier alpha value is -1.25. The summed E-state index contributed by atoms with van der Waals surface area (Å²) in [5, 5.41) is 3.13. The van der Waals surface area contributed by atoms with E-state index < -0.39 is 0 Å². The zero-order valence-corrected chi connectivity index (χ0v) is 8.43. The minimum atomic E-state index is -0.203. The third-order valence-corrected chi connectivity index (χ3v) is 2.37. The Balaban J connectivity index is 2.52. The smallest absolute Gasteiger partial charge is 0.146 e. The van der Waals surface area contributed by atoms with E-state index in [2.05, 4.69) is 5.32 Å². The van der Waals surface area contributed by atoms with Gasteiger partial charge in [0.1, 0.15) is 18.2 Å². The molecule has 1 aliphatic heterocycles. The summed E-state index contributed by atoms with van der Waals surface area (Å²) in [5.74, 6) is 0.887. The van der Waals surface area contributed by atoms with E-state index in [0.717, 1.165) is 23.5 Å². The van der Waals surface area contributed by atoms with Gasteiger partial charge in [0.2, 0.25) is 0 Å². The van der Waals surface area contributed by atoms with Crippen molar-refractivity contribution in [3.63, 3.8) is 0 Å². The summed E-state index contributed by atoms with van der Waals surface area (Å²) in [6, 6.07) is 3.04. The van der Waals surface area contributed by atoms with Crippen LogP contribution in [0.3, 0.4) is 0 Å². The van der Waals surface area contributed by atoms with E-state index in [4.69, 9.17) is 4.74 Å². The van der Waals surface area contributed by atoms with Crippen molar-refractivity contribution in [1.29, 1.82) is 0 Å². The molecule has 0 aliphatic carbocycles. The minimum Gasteiger partial charge on any atom is -0.489 e. The van der Waals surface area contributed by atoms with Gasteiger partial charge >= 0.3 is 0 Å². The standard InChI is InChI=1S/C11H14FNO/c1-7(2)9-5-8(12)6-10-11(9)14-4-3-13-10/h5-7,13H,3-4H2,1-2H3. The van der Waals surface area contributed by atoms with Crippen LogP contribution in [0.5, 0.6) is 5.75 Å². The lowest BCUT2D eigenvalue weighted by Crippen LogP contribution is -2.19. The molecule has 1 aromatic carbocycles. The van der Waals surface area contributed by atoms with E-state index in [1.54, 1.807) is 6.07 Å². The molecule has 3 heteroatoms. The fraction of sp³-hybridized carbons (Fsp3) is 0.455. The molecule has 0 saturated carbocycles. The number of halogens is 1. The number of benzene rings is 1. The Morgan fingerprint density at radius 2 is 2.21 bits per heavy atom. The van der Waals surface area contributed by atoms with Crippen molar-refractivity contribution in [2.75, 3.05) is 18.5 Å². The van der Waals surface area contributed by atoms with Crippen LogP contribution in [0, 0.1) is 5.82 Å². The van der Waals surface area contributed by atoms with Crippen molar-refractivity contribution in [3.05, 3.63) is 23.5 Å². The molecular weight excluding hydrogens is 181 g/mol. The maximum Gasteiger partial charge on any atom is 0.146 e. The Morgan fingerprint density at radius 3 is 2.93 bits per heavy atom. The number of hydrogen-bond acceptors (Lipinski definition) is 2. The van der Waals surface area contributed by atoms with Crippen LogP contribution in [0.25, 0.3) is 0 Å². The van der Waals surface area contributed by atoms with Crippen LogP contribution in [-0.2, 0) is 0 Å². The maximum absolute atomic E-state index is 13.2. The lowest BCUT2D eigenvalue weighted by molar-refractivity contribution is 0.317. The molecule has 0 aromatic heterocycles. The average molecular weight is 195 g/mol. The molecule has 2 nitrogen and oxygen atoms in total. The van der Waals surface area contributed by atoms with Gasteiger partial charge in [-0.1, -0.05) is 13.8 Å². The van der Waals surface area contributed by atoms with Crippen LogP contribution >= 0.6 is 0 Å². The molecule has 0 spiro atoms. The molecule has 0 atom stereocenters. The first-order chi connectivity index (χ1) is 6.68. The van der Waals surface area contributed by atoms with E-state index in [1.165, 1.54) is 6.07 Å². The third-order valence-electron chi connectivity index (χ3n) is 2.37. The van der Waals surface area contributed by atoms with Crippen molar-refractivity contribution in [1.82, 2.24) is 0 Å². The van der Waals surface area contributed by atoms with Crippen LogP contribution in [-0.4, -0.2) is 13.2 Å². The van der Waals surface area contributed by atoms with E-state index >= 15 is 0 Å². The molecule has 1 aromatic rings. The van der Waals surface area contributed by atoms with Crippen molar-refractivity contribution in [2.45, 2.75) is 19.8 Å². The fourth-order valence-corrected chi connectivity index (χ4v) is 1.67. The first-order valence-corrected chi connectivity index (χ1v) is 4.88. The number of rotatable bonds is 1. The normalized spacial score (nSPS) is 14.6. The van der Waals surface area contributed by atoms with Gasteiger partial charge in [-0.15, -0.1) is 0 Å². The molecule has 0 fully saturated rings. The molecule has 0 radical (unpaired) electrons. The highest BCUT2D eigenvalue weighted by Gasteiger charge is 2.17. The molecular formula is C11H14FNO. The predicted octanol–water partition coefficient (Wildman–Crippen LogP) is 2.75. The molecule has 0 bridgehead atoms. The third kappa shape index (κ3) is 1.54. The van der Waals surface area contributed by atoms with Gasteiger partial charge in [-0.3, -0.25) is 0 Å². The fourth-order valence-electron chi connectivity index (χ4n) is 1.67. The van der Waals surface area contributed by atoms with E-state index in [9.17, 15) is 4.39 Å². The summed E-state index contributed by atoms with van der Waals surface area (Å²) < 4.78 is 18.8. The highest BCUT2D eigenvalue weighted by molar-refractivity contribution is 5.62. The number of fused-ring (bicyclic) bond motifs is 1. The van der Waals surface area contributed by atoms with Gasteiger partial charge in [0.25, 0.3) is 0 Å². The minimum absolute atomic E-state index is 0.203. The van der Waals surface area contributed by atoms with Gasteiger partial charge in [0, 0.05) is 18.2 Å². The molecule has 76 valence electrons. The number of hydrogen-bond donors (Lipinski definition) is 1. The van der Waals surface area contributed by atoms with Crippen molar-refractivity contribution in [2.24, 2.45) is 0 Å². The van der Waals surface area contributed by atoms with Crippen LogP contribution in [0.1, 0.15) is 25.3 Å². The summed E-state index contributed by atoms with van der Waals surface area (Å²) in [6.45, 7) is 5.46. The highest BCUT2D eigenvalue weighted by atomic mass is 19.1. The Labute approximate surface area is 83.1 Å². The van der Waals surface area contributed by atoms with E-state index in [0.29, 0.717) is 6.61 Å². The molecule has 1 heterocycles. The van der Waals surface area contributed by atoms with Gasteiger partial charge in [-0.25, -0.2) is 4.39 Å². The summed E-state index contributed by atoms with van der Waals surface area (Å²) in [5.41, 5.74) is 1.71. The molecule has 1 N–H and O–H groups in total.